The molecule has 0 spiro atoms. The summed E-state index contributed by atoms with van der Waals surface area (Å²) in [4.78, 5) is 10.8. The van der Waals surface area contributed by atoms with Crippen molar-refractivity contribution in [3.8, 4) is 16.3 Å². The Balaban J connectivity index is 2.22. The second-order valence-electron chi connectivity index (χ2n) is 3.61. The number of aromatic nitrogens is 2. The molecule has 1 aromatic carbocycles. The van der Waals surface area contributed by atoms with Crippen LogP contribution in [0.2, 0.25) is 0 Å². The topological polar surface area (TPSA) is 55.0 Å². The lowest BCUT2D eigenvalue weighted by Gasteiger charge is -2.09. The number of ether oxygens (including phenoxy) is 1. The van der Waals surface area contributed by atoms with Crippen molar-refractivity contribution in [3.05, 3.63) is 33.9 Å². The van der Waals surface area contributed by atoms with E-state index in [-0.39, 0.29) is 11.0 Å². The first kappa shape index (κ1) is 10.9. The molecule has 0 atom stereocenters. The Morgan fingerprint density at radius 3 is 2.50 bits per heavy atom. The van der Waals surface area contributed by atoms with Crippen molar-refractivity contribution in [3.63, 3.8) is 0 Å². The van der Waals surface area contributed by atoms with Gasteiger partial charge in [0.1, 0.15) is 10.8 Å². The molecule has 16 heavy (non-hydrogen) atoms. The maximum atomic E-state index is 11.0. The average molecular weight is 236 g/mol. The lowest BCUT2D eigenvalue weighted by Crippen LogP contribution is -2.05. The minimum atomic E-state index is -0.141. The number of hydrogen-bond donors (Lipinski definition) is 1. The molecule has 0 radical (unpaired) electrons. The molecule has 0 fully saturated rings. The number of aromatic amines is 1. The zero-order valence-corrected chi connectivity index (χ0v) is 9.88. The largest absolute Gasteiger partial charge is 0.491 e. The van der Waals surface area contributed by atoms with Crippen molar-refractivity contribution in [1.29, 1.82) is 0 Å². The third-order valence-corrected chi connectivity index (χ3v) is 2.71. The van der Waals surface area contributed by atoms with Crippen molar-refractivity contribution < 1.29 is 4.74 Å². The summed E-state index contributed by atoms with van der Waals surface area (Å²) in [6.07, 6.45) is 0.160. The number of nitrogens with one attached hydrogen (secondary N) is 1. The fourth-order valence-electron chi connectivity index (χ4n) is 1.30. The van der Waals surface area contributed by atoms with Crippen molar-refractivity contribution in [1.82, 2.24) is 10.2 Å². The maximum Gasteiger partial charge on any atom is 0.322 e. The normalized spacial score (nSPS) is 10.7. The van der Waals surface area contributed by atoms with Gasteiger partial charge < -0.3 is 4.74 Å². The molecular formula is C11H12N2O2S. The van der Waals surface area contributed by atoms with Gasteiger partial charge >= 0.3 is 4.87 Å². The van der Waals surface area contributed by atoms with E-state index in [2.05, 4.69) is 10.2 Å². The Bertz CT molecular complexity index is 513. The summed E-state index contributed by atoms with van der Waals surface area (Å²) < 4.78 is 5.52. The summed E-state index contributed by atoms with van der Waals surface area (Å²) in [5, 5.41) is 7.01. The van der Waals surface area contributed by atoms with E-state index in [0.717, 1.165) is 22.6 Å². The molecule has 0 aliphatic heterocycles. The molecule has 1 N–H and O–H groups in total. The third-order valence-electron chi connectivity index (χ3n) is 1.91. The van der Waals surface area contributed by atoms with Crippen molar-refractivity contribution in [2.45, 2.75) is 20.0 Å². The lowest BCUT2D eigenvalue weighted by atomic mass is 10.2. The number of hydrogen-bond acceptors (Lipinski definition) is 4. The van der Waals surface area contributed by atoms with Crippen LogP contribution >= 0.6 is 11.3 Å². The first-order valence-electron chi connectivity index (χ1n) is 4.98. The molecule has 0 aliphatic rings. The minimum Gasteiger partial charge on any atom is -0.491 e. The molecule has 2 rings (SSSR count). The van der Waals surface area contributed by atoms with Crippen LogP contribution < -0.4 is 9.61 Å². The molecule has 0 bridgehead atoms. The second-order valence-corrected chi connectivity index (χ2v) is 4.57. The first-order chi connectivity index (χ1) is 7.65. The van der Waals surface area contributed by atoms with E-state index in [0.29, 0.717) is 5.01 Å². The van der Waals surface area contributed by atoms with Crippen LogP contribution in [0.3, 0.4) is 0 Å². The number of benzene rings is 1. The van der Waals surface area contributed by atoms with Gasteiger partial charge in [0.25, 0.3) is 0 Å². The van der Waals surface area contributed by atoms with Crippen molar-refractivity contribution in [2.24, 2.45) is 0 Å². The van der Waals surface area contributed by atoms with Crippen LogP contribution in [0.1, 0.15) is 13.8 Å². The van der Waals surface area contributed by atoms with E-state index < -0.39 is 0 Å². The Morgan fingerprint density at radius 2 is 2.00 bits per heavy atom. The smallest absolute Gasteiger partial charge is 0.322 e. The molecule has 0 aliphatic carbocycles. The number of H-pyrrole nitrogens is 1. The Kier molecular flexibility index (Phi) is 3.05. The second kappa shape index (κ2) is 4.49. The molecule has 5 heteroatoms. The molecule has 0 saturated heterocycles. The van der Waals surface area contributed by atoms with Crippen LogP contribution in [0.4, 0.5) is 0 Å². The highest BCUT2D eigenvalue weighted by atomic mass is 32.1. The van der Waals surface area contributed by atoms with E-state index in [4.69, 9.17) is 4.74 Å². The summed E-state index contributed by atoms with van der Waals surface area (Å²) in [6.45, 7) is 3.96. The summed E-state index contributed by atoms with van der Waals surface area (Å²) >= 11 is 1.10. The molecule has 0 amide bonds. The van der Waals surface area contributed by atoms with E-state index in [9.17, 15) is 4.79 Å². The van der Waals surface area contributed by atoms with Crippen molar-refractivity contribution in [2.75, 3.05) is 0 Å². The Morgan fingerprint density at radius 1 is 1.31 bits per heavy atom. The zero-order chi connectivity index (χ0) is 11.5. The molecule has 84 valence electrons. The molecular weight excluding hydrogens is 224 g/mol. The molecule has 0 saturated carbocycles. The average Bonchev–Trinajstić information content (AvgIpc) is 2.65. The van der Waals surface area contributed by atoms with E-state index in [1.807, 2.05) is 38.1 Å². The zero-order valence-electron chi connectivity index (χ0n) is 9.06. The van der Waals surface area contributed by atoms with Gasteiger partial charge in [-0.05, 0) is 38.1 Å². The highest BCUT2D eigenvalue weighted by molar-refractivity contribution is 7.12. The fourth-order valence-corrected chi connectivity index (χ4v) is 1.91. The Hall–Kier alpha value is -1.62. The maximum absolute atomic E-state index is 11.0. The molecule has 2 aromatic rings. The fraction of sp³-hybridized carbons (Fsp3) is 0.273. The van der Waals surface area contributed by atoms with E-state index >= 15 is 0 Å². The van der Waals surface area contributed by atoms with Gasteiger partial charge in [0.2, 0.25) is 0 Å². The molecule has 0 unspecified atom stereocenters. The molecule has 4 nitrogen and oxygen atoms in total. The van der Waals surface area contributed by atoms with Crippen LogP contribution in [-0.4, -0.2) is 16.3 Å². The lowest BCUT2D eigenvalue weighted by molar-refractivity contribution is 0.242. The van der Waals surface area contributed by atoms with Crippen LogP contribution in [0, 0.1) is 0 Å². The summed E-state index contributed by atoms with van der Waals surface area (Å²) in [7, 11) is 0. The van der Waals surface area contributed by atoms with Gasteiger partial charge in [-0.25, -0.2) is 5.10 Å². The van der Waals surface area contributed by atoms with Crippen LogP contribution in [0.25, 0.3) is 10.6 Å². The van der Waals surface area contributed by atoms with Gasteiger partial charge in [-0.1, -0.05) is 11.3 Å². The van der Waals surface area contributed by atoms with Gasteiger partial charge in [-0.3, -0.25) is 4.79 Å². The van der Waals surface area contributed by atoms with Crippen LogP contribution in [0.15, 0.2) is 29.1 Å². The first-order valence-corrected chi connectivity index (χ1v) is 5.79. The predicted molar refractivity (Wildman–Crippen MR) is 63.9 cm³/mol. The summed E-state index contributed by atoms with van der Waals surface area (Å²) in [5.74, 6) is 0.821. The number of nitrogens with zero attached hydrogens (tertiary/aromatic N) is 1. The van der Waals surface area contributed by atoms with Gasteiger partial charge in [0, 0.05) is 5.56 Å². The van der Waals surface area contributed by atoms with Crippen LogP contribution in [-0.2, 0) is 0 Å². The summed E-state index contributed by atoms with van der Waals surface area (Å²) in [5.41, 5.74) is 0.916. The van der Waals surface area contributed by atoms with Gasteiger partial charge in [0.15, 0.2) is 0 Å². The van der Waals surface area contributed by atoms with Gasteiger partial charge in [-0.15, -0.1) is 0 Å². The molecule has 1 heterocycles. The van der Waals surface area contributed by atoms with Crippen molar-refractivity contribution >= 4 is 11.3 Å². The highest BCUT2D eigenvalue weighted by Gasteiger charge is 2.04. The standard InChI is InChI=1S/C11H12N2O2S/c1-7(2)15-9-5-3-8(4-6-9)10-12-13-11(14)16-10/h3-7H,1-2H3,(H,13,14). The predicted octanol–water partition coefficient (Wildman–Crippen LogP) is 2.29. The van der Waals surface area contributed by atoms with Gasteiger partial charge in [-0.2, -0.15) is 5.10 Å². The Labute approximate surface area is 96.9 Å². The van der Waals surface area contributed by atoms with Gasteiger partial charge in [0.05, 0.1) is 6.10 Å². The minimum absolute atomic E-state index is 0.141. The monoisotopic (exact) mass is 236 g/mol. The molecule has 1 aromatic heterocycles. The third kappa shape index (κ3) is 2.49. The van der Waals surface area contributed by atoms with Crippen LogP contribution in [0.5, 0.6) is 5.75 Å². The highest BCUT2D eigenvalue weighted by Crippen LogP contribution is 2.22. The quantitative estimate of drug-likeness (QED) is 0.889. The van der Waals surface area contributed by atoms with E-state index in [1.54, 1.807) is 0 Å². The summed E-state index contributed by atoms with van der Waals surface area (Å²) in [6, 6.07) is 7.54. The number of rotatable bonds is 3. The van der Waals surface area contributed by atoms with E-state index in [1.165, 1.54) is 0 Å². The SMILES string of the molecule is CC(C)Oc1ccc(-c2n[nH]c(=O)s2)cc1.